The maximum Gasteiger partial charge on any atom is 0.433 e. The number of hydrogen-bond donors (Lipinski definition) is 1. The van der Waals surface area contributed by atoms with Gasteiger partial charge in [-0.05, 0) is 138 Å². The maximum atomic E-state index is 13.3. The lowest BCUT2D eigenvalue weighted by atomic mass is 9.97. The van der Waals surface area contributed by atoms with E-state index in [2.05, 4.69) is 25.3 Å². The van der Waals surface area contributed by atoms with E-state index in [9.17, 15) is 55.1 Å². The maximum absolute atomic E-state index is 13.3. The lowest BCUT2D eigenvalue weighted by Crippen LogP contribution is -2.34. The van der Waals surface area contributed by atoms with Gasteiger partial charge >= 0.3 is 48.3 Å². The lowest BCUT2D eigenvalue weighted by Gasteiger charge is -2.21. The molecule has 0 bridgehead atoms. The summed E-state index contributed by atoms with van der Waals surface area (Å²) < 4.78 is 120. The molecular formula is C55H67F6N5O14S. The van der Waals surface area contributed by atoms with Crippen LogP contribution in [0.2, 0.25) is 0 Å². The van der Waals surface area contributed by atoms with Crippen molar-refractivity contribution in [2.45, 2.75) is 126 Å². The summed E-state index contributed by atoms with van der Waals surface area (Å²) in [7, 11) is 2.67. The Morgan fingerprint density at radius 2 is 1.20 bits per heavy atom. The molecule has 0 aliphatic carbocycles. The van der Waals surface area contributed by atoms with Crippen molar-refractivity contribution < 1.29 is 92.7 Å². The van der Waals surface area contributed by atoms with Crippen molar-refractivity contribution in [3.63, 3.8) is 0 Å². The molecule has 0 unspecified atom stereocenters. The number of methoxy groups -OCH3 is 2. The lowest BCUT2D eigenvalue weighted by molar-refractivity contribution is -0.171. The number of ether oxygens (including phenoxy) is 7. The number of carbonyl (C=O) groups excluding carboxylic acids is 6. The van der Waals surface area contributed by atoms with E-state index < -0.39 is 88.3 Å². The number of benzene rings is 2. The predicted molar refractivity (Wildman–Crippen MR) is 288 cm³/mol. The molecule has 0 saturated carbocycles. The minimum atomic E-state index is -4.66. The van der Waals surface area contributed by atoms with E-state index in [0.717, 1.165) is 12.1 Å². The number of carbonyl (C=O) groups is 6. The average Bonchev–Trinajstić information content (AvgIpc) is 4.10. The molecular weight excluding hydrogens is 1100 g/mol. The second-order valence-corrected chi connectivity index (χ2v) is 21.2. The second kappa shape index (κ2) is 28.3. The summed E-state index contributed by atoms with van der Waals surface area (Å²) in [5.74, 6) is -3.54. The number of alkyl halides is 6. The summed E-state index contributed by atoms with van der Waals surface area (Å²) in [6, 6.07) is 9.58. The Hall–Kier alpha value is -7.51. The minimum Gasteiger partial charge on any atom is -0.494 e. The molecule has 5 rings (SSSR count). The largest absolute Gasteiger partial charge is 0.494 e. The Labute approximate surface area is 468 Å². The average molecular weight is 1170 g/mol. The molecule has 81 heavy (non-hydrogen) atoms. The highest BCUT2D eigenvalue weighted by Gasteiger charge is 2.36. The fourth-order valence-electron chi connectivity index (χ4n) is 6.70. The first kappa shape index (κ1) is 67.8. The Bertz CT molecular complexity index is 3090. The summed E-state index contributed by atoms with van der Waals surface area (Å²) >= 11 is 1.27. The number of oxazole rings is 1. The van der Waals surface area contributed by atoms with Crippen LogP contribution in [0.15, 0.2) is 57.9 Å². The van der Waals surface area contributed by atoms with Crippen LogP contribution in [-0.2, 0) is 55.2 Å². The number of thioether (sulfide) groups is 1. The van der Waals surface area contributed by atoms with Crippen molar-refractivity contribution in [1.82, 2.24) is 20.3 Å². The summed E-state index contributed by atoms with van der Waals surface area (Å²) in [6.07, 6.45) is -8.31. The molecule has 26 heteroatoms. The van der Waals surface area contributed by atoms with Crippen molar-refractivity contribution in [3.05, 3.63) is 76.9 Å². The molecule has 3 heterocycles. The fourth-order valence-corrected chi connectivity index (χ4v) is 7.29. The van der Waals surface area contributed by atoms with E-state index in [-0.39, 0.29) is 77.0 Å². The van der Waals surface area contributed by atoms with Crippen LogP contribution in [0.25, 0.3) is 33.3 Å². The third-order valence-electron chi connectivity index (χ3n) is 10.3. The highest BCUT2D eigenvalue weighted by molar-refractivity contribution is 8.13. The monoisotopic (exact) mass is 1170 g/mol. The molecule has 1 amide bonds. The highest BCUT2D eigenvalue weighted by Crippen LogP contribution is 2.39. The van der Waals surface area contributed by atoms with Crippen LogP contribution < -0.4 is 14.8 Å². The Kier molecular flexibility index (Phi) is 23.6. The molecule has 0 spiro atoms. The normalized spacial score (nSPS) is 12.8. The van der Waals surface area contributed by atoms with Gasteiger partial charge in [0.1, 0.15) is 51.7 Å². The number of aliphatic imine (C=N–C) groups is 1. The molecule has 0 radical (unpaired) electrons. The molecule has 2 atom stereocenters. The van der Waals surface area contributed by atoms with Gasteiger partial charge in [-0.1, -0.05) is 6.92 Å². The summed E-state index contributed by atoms with van der Waals surface area (Å²) in [5.41, 5.74) is -3.56. The number of fused-ring (bicyclic) bond motifs is 2. The number of halogens is 6. The molecule has 444 valence electrons. The molecule has 0 saturated heterocycles. The van der Waals surface area contributed by atoms with Crippen molar-refractivity contribution >= 4 is 74.6 Å². The molecule has 0 fully saturated rings. The van der Waals surface area contributed by atoms with E-state index in [1.807, 2.05) is 0 Å². The molecule has 19 nitrogen and oxygen atoms in total. The van der Waals surface area contributed by atoms with Gasteiger partial charge in [0.05, 0.1) is 56.3 Å². The first-order valence-electron chi connectivity index (χ1n) is 24.9. The van der Waals surface area contributed by atoms with Crippen LogP contribution in [0.1, 0.15) is 136 Å². The molecule has 2 aromatic carbocycles. The summed E-state index contributed by atoms with van der Waals surface area (Å²) in [4.78, 5) is 87.0. The first-order valence-corrected chi connectivity index (χ1v) is 26.1. The zero-order chi connectivity index (χ0) is 61.6. The number of aromatic nitrogens is 3. The van der Waals surface area contributed by atoms with E-state index >= 15 is 0 Å². The van der Waals surface area contributed by atoms with Gasteiger partial charge in [0.2, 0.25) is 5.89 Å². The van der Waals surface area contributed by atoms with Gasteiger partial charge < -0.3 is 42.9 Å². The van der Waals surface area contributed by atoms with Gasteiger partial charge in [-0.3, -0.25) is 24.2 Å². The van der Waals surface area contributed by atoms with Gasteiger partial charge in [-0.25, -0.2) is 24.5 Å². The number of rotatable bonds is 14. The topological polar surface area (TPSA) is 243 Å². The number of hydrogen-bond acceptors (Lipinski definition) is 19. The second-order valence-electron chi connectivity index (χ2n) is 20.4. The smallest absolute Gasteiger partial charge is 0.433 e. The van der Waals surface area contributed by atoms with Crippen LogP contribution in [-0.4, -0.2) is 107 Å². The molecule has 1 N–H and O–H groups in total. The van der Waals surface area contributed by atoms with E-state index in [4.69, 9.17) is 37.6 Å². The standard InChI is InChI=1S/C24H26F3N3O6.C17H17F3N2O3S.C14H24O5/c1-7-34-21(31)18-19(12(2)28-22(32)36-23(3,4)5)35-20(30-18)14-8-10-15(33-6)17-13(14)9-11-16(29-17)24(25,26)27;1-4-25-14(23)9-21-16(26-3)11-5-7-12(24-2)15-10(11)6-8-13(22-15)17(18,19)20;1-9(8-10(15)19-14(5,6)7)11(16)18-12(17)13(2,3)4/h8-12H,7H2,1-6H3,(H,28,32);5-8H,4,9H2,1-3H3;9H,8H2,1-7H3/t12-;;9-/m0.1/s1. The molecule has 0 aliphatic heterocycles. The van der Waals surface area contributed by atoms with Crippen molar-refractivity contribution in [2.24, 2.45) is 16.3 Å². The Morgan fingerprint density at radius 1 is 0.679 bits per heavy atom. The molecule has 0 aliphatic rings. The third-order valence-corrected chi connectivity index (χ3v) is 11.1. The first-order chi connectivity index (χ1) is 37.4. The number of pyridine rings is 2. The zero-order valence-corrected chi connectivity index (χ0v) is 48.6. The predicted octanol–water partition coefficient (Wildman–Crippen LogP) is 12.1. The number of esters is 5. The molecule has 5 aromatic rings. The third kappa shape index (κ3) is 20.2. The van der Waals surface area contributed by atoms with E-state index in [1.165, 1.54) is 63.2 Å². The molecule has 3 aromatic heterocycles. The van der Waals surface area contributed by atoms with Gasteiger partial charge in [0, 0.05) is 21.9 Å². The van der Waals surface area contributed by atoms with Crippen LogP contribution in [0.5, 0.6) is 11.5 Å². The summed E-state index contributed by atoms with van der Waals surface area (Å²) in [5, 5.41) is 3.77. The van der Waals surface area contributed by atoms with Crippen LogP contribution >= 0.6 is 11.8 Å². The number of nitrogens with one attached hydrogen (secondary N) is 1. The van der Waals surface area contributed by atoms with Gasteiger partial charge in [0.15, 0.2) is 11.5 Å². The Morgan fingerprint density at radius 3 is 1.68 bits per heavy atom. The van der Waals surface area contributed by atoms with Crippen molar-refractivity contribution in [3.8, 4) is 23.0 Å². The highest BCUT2D eigenvalue weighted by atomic mass is 32.2. The number of amides is 1. The van der Waals surface area contributed by atoms with Crippen LogP contribution in [0.4, 0.5) is 31.1 Å². The van der Waals surface area contributed by atoms with Crippen molar-refractivity contribution in [1.29, 1.82) is 0 Å². The Balaban J connectivity index is 0.000000337. The van der Waals surface area contributed by atoms with Gasteiger partial charge in [-0.15, -0.1) is 11.8 Å². The quantitative estimate of drug-likeness (QED) is 0.0271. The van der Waals surface area contributed by atoms with Crippen LogP contribution in [0.3, 0.4) is 0 Å². The van der Waals surface area contributed by atoms with Crippen molar-refractivity contribution in [2.75, 3.05) is 40.2 Å². The van der Waals surface area contributed by atoms with E-state index in [1.54, 1.807) is 95.4 Å². The SMILES string of the molecule is CCOC(=O)CN=C(SC)c1ccc(OC)c2nc(C(F)(F)F)ccc12.CCOC(=O)c1nc(-c2ccc(OC)c3nc(C(F)(F)F)ccc23)oc1[C@H](C)NC(=O)OC(C)(C)C.C[C@H](CC(=O)OC(C)(C)C)C(=O)OC(=O)C(C)(C)C. The minimum absolute atomic E-state index is 0.0156. The van der Waals surface area contributed by atoms with E-state index in [0.29, 0.717) is 16.0 Å². The zero-order valence-electron chi connectivity index (χ0n) is 47.8. The summed E-state index contributed by atoms with van der Waals surface area (Å²) in [6.45, 7) is 21.8. The van der Waals surface area contributed by atoms with Gasteiger partial charge in [0.25, 0.3) is 0 Å². The number of nitrogens with zero attached hydrogens (tertiary/aromatic N) is 4. The van der Waals surface area contributed by atoms with Gasteiger partial charge in [-0.2, -0.15) is 26.3 Å². The fraction of sp³-hybridized carbons (Fsp3) is 0.491. The van der Waals surface area contributed by atoms with Crippen LogP contribution in [0, 0.1) is 11.3 Å². The number of alkyl carbamates (subject to hydrolysis) is 1.